The maximum absolute atomic E-state index is 14.3. The highest BCUT2D eigenvalue weighted by Gasteiger charge is 2.55. The Morgan fingerprint density at radius 3 is 2.44 bits per heavy atom. The fourth-order valence-corrected chi connectivity index (χ4v) is 9.39. The number of alkyl halides is 2. The van der Waals surface area contributed by atoms with E-state index in [2.05, 4.69) is 5.32 Å². The van der Waals surface area contributed by atoms with Crippen molar-refractivity contribution in [2.45, 2.75) is 69.2 Å². The van der Waals surface area contributed by atoms with E-state index in [9.17, 15) is 32.5 Å². The number of carbonyl (C=O) groups is 4. The summed E-state index contributed by atoms with van der Waals surface area (Å²) in [6.45, 7) is 4.03. The quantitative estimate of drug-likeness (QED) is 0.417. The van der Waals surface area contributed by atoms with E-state index >= 15 is 0 Å². The molecule has 4 amide bonds. The van der Waals surface area contributed by atoms with Crippen LogP contribution in [0.25, 0.3) is 10.1 Å². The number of fused-ring (bicyclic) bond motifs is 3. The number of nitrogens with one attached hydrogen (secondary N) is 1. The molecular weight excluding hydrogens is 629 g/mol. The second kappa shape index (κ2) is 10.5. The minimum Gasteiger partial charge on any atom is -0.342 e. The molecule has 0 radical (unpaired) electrons. The molecule has 242 valence electrons. The largest absolute Gasteiger partial charge is 0.399 e. The van der Waals surface area contributed by atoms with Crippen molar-refractivity contribution in [2.24, 2.45) is 17.3 Å². The van der Waals surface area contributed by atoms with Crippen molar-refractivity contribution in [3.8, 4) is 0 Å². The number of nitrogens with zero attached hydrogens (tertiary/aromatic N) is 3. The molecule has 0 bridgehead atoms. The summed E-state index contributed by atoms with van der Waals surface area (Å²) in [5.74, 6) is -0.135. The molecule has 7 rings (SSSR count). The number of hydrogen-bond acceptors (Lipinski definition) is 6. The van der Waals surface area contributed by atoms with E-state index in [1.807, 2.05) is 4.90 Å². The van der Waals surface area contributed by atoms with Gasteiger partial charge in [0.1, 0.15) is 12.1 Å². The second-order valence-corrected chi connectivity index (χ2v) is 16.3. The van der Waals surface area contributed by atoms with Crippen LogP contribution >= 0.6 is 18.9 Å². The van der Waals surface area contributed by atoms with Gasteiger partial charge in [0.2, 0.25) is 17.7 Å². The fourth-order valence-electron chi connectivity index (χ4n) is 7.96. The Labute approximate surface area is 262 Å². The Morgan fingerprint density at radius 2 is 1.76 bits per heavy atom. The molecule has 5 aliphatic rings. The van der Waals surface area contributed by atoms with E-state index in [0.29, 0.717) is 55.6 Å². The van der Waals surface area contributed by atoms with Gasteiger partial charge in [0.05, 0.1) is 4.88 Å². The minimum atomic E-state index is -5.75. The Kier molecular flexibility index (Phi) is 7.20. The lowest BCUT2D eigenvalue weighted by molar-refractivity contribution is -0.154. The molecule has 1 aromatic carbocycles. The van der Waals surface area contributed by atoms with E-state index in [-0.39, 0.29) is 39.4 Å². The first-order chi connectivity index (χ1) is 21.2. The predicted molar refractivity (Wildman–Crippen MR) is 159 cm³/mol. The molecule has 1 saturated carbocycles. The van der Waals surface area contributed by atoms with Crippen molar-refractivity contribution >= 4 is 52.6 Å². The zero-order chi connectivity index (χ0) is 32.1. The molecule has 11 nitrogen and oxygen atoms in total. The van der Waals surface area contributed by atoms with E-state index in [1.165, 1.54) is 12.1 Å². The van der Waals surface area contributed by atoms with Gasteiger partial charge < -0.3 is 29.8 Å². The summed E-state index contributed by atoms with van der Waals surface area (Å²) < 4.78 is 40.4. The van der Waals surface area contributed by atoms with Crippen LogP contribution in [0, 0.1) is 17.3 Å². The molecule has 3 N–H and O–H groups in total. The first-order valence-corrected chi connectivity index (χ1v) is 17.7. The van der Waals surface area contributed by atoms with Gasteiger partial charge in [-0.25, -0.2) is 0 Å². The molecule has 5 heterocycles. The molecule has 15 heteroatoms. The first kappa shape index (κ1) is 30.7. The molecule has 4 saturated heterocycles. The van der Waals surface area contributed by atoms with Crippen LogP contribution in [-0.2, 0) is 24.6 Å². The molecule has 1 spiro atoms. The Balaban J connectivity index is 1.07. The summed E-state index contributed by atoms with van der Waals surface area (Å²) in [5.41, 5.74) is -5.30. The van der Waals surface area contributed by atoms with Crippen molar-refractivity contribution < 1.29 is 42.3 Å². The van der Waals surface area contributed by atoms with Crippen molar-refractivity contribution in [1.29, 1.82) is 0 Å². The van der Waals surface area contributed by atoms with E-state index < -0.39 is 36.8 Å². The Bertz CT molecular complexity index is 1660. The summed E-state index contributed by atoms with van der Waals surface area (Å²) >= 11 is 1.03. The first-order valence-electron chi connectivity index (χ1n) is 15.3. The van der Waals surface area contributed by atoms with Gasteiger partial charge in [-0.2, -0.15) is 8.78 Å². The fraction of sp³-hybridized carbons (Fsp3) is 0.600. The van der Waals surface area contributed by atoms with Gasteiger partial charge in [-0.05, 0) is 73.9 Å². The predicted octanol–water partition coefficient (Wildman–Crippen LogP) is 3.10. The smallest absolute Gasteiger partial charge is 0.342 e. The van der Waals surface area contributed by atoms with Gasteiger partial charge >= 0.3 is 13.3 Å². The van der Waals surface area contributed by atoms with Gasteiger partial charge in [0, 0.05) is 54.8 Å². The van der Waals surface area contributed by atoms with Gasteiger partial charge in [-0.15, -0.1) is 11.3 Å². The molecule has 4 aliphatic heterocycles. The average molecular weight is 665 g/mol. The Hall–Kier alpha value is -2.93. The summed E-state index contributed by atoms with van der Waals surface area (Å²) in [6, 6.07) is 3.05. The van der Waals surface area contributed by atoms with Crippen LogP contribution in [0.5, 0.6) is 0 Å². The number of benzene rings is 1. The third-order valence-electron chi connectivity index (χ3n) is 10.5. The number of rotatable bonds is 5. The highest BCUT2D eigenvalue weighted by Crippen LogP contribution is 2.59. The highest BCUT2D eigenvalue weighted by atomic mass is 32.1. The van der Waals surface area contributed by atoms with E-state index in [4.69, 9.17) is 9.79 Å². The topological polar surface area (TPSA) is 148 Å². The molecule has 2 aromatic rings. The lowest BCUT2D eigenvalue weighted by Crippen LogP contribution is -2.64. The maximum atomic E-state index is 14.3. The van der Waals surface area contributed by atoms with Crippen molar-refractivity contribution in [3.63, 3.8) is 0 Å². The molecule has 1 aliphatic carbocycles. The number of amides is 4. The zero-order valence-corrected chi connectivity index (χ0v) is 26.4. The Morgan fingerprint density at radius 1 is 1.04 bits per heavy atom. The van der Waals surface area contributed by atoms with Crippen LogP contribution in [0.4, 0.5) is 8.78 Å². The molecular formula is C30H35F2N4O7PS. The molecule has 0 unspecified atom stereocenters. The third-order valence-corrected chi connectivity index (χ3v) is 12.6. The molecule has 5 fully saturated rings. The monoisotopic (exact) mass is 664 g/mol. The van der Waals surface area contributed by atoms with Crippen LogP contribution in [-0.4, -0.2) is 92.4 Å². The molecule has 5 atom stereocenters. The number of hydrogen-bond donors (Lipinski definition) is 3. The molecule has 45 heavy (non-hydrogen) atoms. The van der Waals surface area contributed by atoms with Crippen molar-refractivity contribution in [1.82, 2.24) is 20.0 Å². The van der Waals surface area contributed by atoms with Crippen molar-refractivity contribution in [2.75, 3.05) is 26.2 Å². The number of halogens is 2. The third kappa shape index (κ3) is 5.27. The number of thiophene rings is 1. The summed E-state index contributed by atoms with van der Waals surface area (Å²) in [7, 11) is -5.75. The van der Waals surface area contributed by atoms with E-state index in [1.54, 1.807) is 16.7 Å². The zero-order valence-electron chi connectivity index (χ0n) is 24.7. The summed E-state index contributed by atoms with van der Waals surface area (Å²) in [4.78, 5) is 76.8. The van der Waals surface area contributed by atoms with Gasteiger partial charge in [0.25, 0.3) is 5.91 Å². The lowest BCUT2D eigenvalue weighted by atomic mass is 9.78. The van der Waals surface area contributed by atoms with Crippen LogP contribution in [0.2, 0.25) is 0 Å². The average Bonchev–Trinajstić information content (AvgIpc) is 3.32. The summed E-state index contributed by atoms with van der Waals surface area (Å²) in [6.07, 6.45) is 4.40. The summed E-state index contributed by atoms with van der Waals surface area (Å²) in [5, 5.41) is 3.10. The normalized spacial score (nSPS) is 29.2. The van der Waals surface area contributed by atoms with Crippen LogP contribution in [0.1, 0.15) is 60.7 Å². The number of likely N-dealkylation sites (tertiary alicyclic amines) is 2. The van der Waals surface area contributed by atoms with Gasteiger partial charge in [-0.3, -0.25) is 23.7 Å². The minimum absolute atomic E-state index is 0.0369. The highest BCUT2D eigenvalue weighted by molar-refractivity contribution is 7.52. The standard InChI is InChI=1S/C30H35F2N4O7PS/c1-16(37)34-7-6-29(13-34)14-35(15-29)28(40)23-4-3-21-10-17-8-18(17)11-22(27(39)36(21)23)33-26(38)25-12-19-9-20(2-5-24(19)45-25)30(31,32)44(41,42)43/h2,5,9,12,17-18,21-23H,3-4,6-8,10-11,13-15H2,1H3,(H,33,38)(H2,41,42,43)/t17-,18+,21-,22+,23+/m1/s1. The van der Waals surface area contributed by atoms with Gasteiger partial charge in [0.15, 0.2) is 0 Å². The lowest BCUT2D eigenvalue weighted by Gasteiger charge is -2.49. The number of carbonyl (C=O) groups excluding carboxylic acids is 4. The van der Waals surface area contributed by atoms with Crippen LogP contribution in [0.3, 0.4) is 0 Å². The van der Waals surface area contributed by atoms with Gasteiger partial charge in [-0.1, -0.05) is 6.07 Å². The van der Waals surface area contributed by atoms with Crippen LogP contribution < -0.4 is 5.32 Å². The van der Waals surface area contributed by atoms with E-state index in [0.717, 1.165) is 49.2 Å². The SMILES string of the molecule is CC(=O)N1CCC2(C1)CN(C(=O)[C@@H]1CC[C@@H]3C[C@H]4C[C@H]4C[C@H](NC(=O)c4cc5cc(C(F)(F)P(=O)(O)O)ccc5s4)C(=O)N31)C2. The van der Waals surface area contributed by atoms with Crippen LogP contribution in [0.15, 0.2) is 24.3 Å². The second-order valence-electron chi connectivity index (χ2n) is 13.6. The maximum Gasteiger partial charge on any atom is 0.399 e. The van der Waals surface area contributed by atoms with Crippen molar-refractivity contribution in [3.05, 3.63) is 34.7 Å². The molecule has 1 aromatic heterocycles.